The molecule has 0 aliphatic heterocycles. The predicted octanol–water partition coefficient (Wildman–Crippen LogP) is 3.98. The van der Waals surface area contributed by atoms with E-state index >= 15 is 0 Å². The van der Waals surface area contributed by atoms with Gasteiger partial charge in [0.2, 0.25) is 0 Å². The van der Waals surface area contributed by atoms with Gasteiger partial charge >= 0.3 is 0 Å². The molecule has 0 bridgehead atoms. The minimum atomic E-state index is -0.840. The summed E-state index contributed by atoms with van der Waals surface area (Å²) >= 11 is 0. The van der Waals surface area contributed by atoms with E-state index in [2.05, 4.69) is 15.7 Å². The first kappa shape index (κ1) is 19.1. The zero-order chi connectivity index (χ0) is 20.8. The lowest BCUT2D eigenvalue weighted by Gasteiger charge is -2.19. The summed E-state index contributed by atoms with van der Waals surface area (Å²) in [6.07, 6.45) is 3.52. The Hall–Kier alpha value is -4.19. The number of carbonyl (C=O) groups excluding carboxylic acids is 2. The Morgan fingerprint density at radius 2 is 1.57 bits per heavy atom. The molecule has 0 radical (unpaired) electrons. The fourth-order valence-corrected chi connectivity index (χ4v) is 3.11. The smallest absolute Gasteiger partial charge is 0.252 e. The maximum atomic E-state index is 13.1. The normalized spacial score (nSPS) is 11.5. The zero-order valence-corrected chi connectivity index (χ0v) is 16.1. The van der Waals surface area contributed by atoms with E-state index in [9.17, 15) is 9.59 Å². The summed E-state index contributed by atoms with van der Waals surface area (Å²) in [7, 11) is 0. The summed E-state index contributed by atoms with van der Waals surface area (Å²) in [4.78, 5) is 25.8. The number of benzene rings is 3. The first-order valence-corrected chi connectivity index (χ1v) is 9.52. The molecule has 1 aromatic heterocycles. The zero-order valence-electron chi connectivity index (χ0n) is 16.1. The number of rotatable bonds is 6. The van der Waals surface area contributed by atoms with Crippen molar-refractivity contribution in [2.75, 3.05) is 5.32 Å². The number of hydrogen-bond donors (Lipinski definition) is 2. The second-order valence-corrected chi connectivity index (χ2v) is 6.67. The summed E-state index contributed by atoms with van der Waals surface area (Å²) < 4.78 is 1.71. The second-order valence-electron chi connectivity index (χ2n) is 6.67. The molecule has 0 saturated heterocycles. The van der Waals surface area contributed by atoms with Gasteiger partial charge in [-0.2, -0.15) is 5.10 Å². The van der Waals surface area contributed by atoms with Gasteiger partial charge in [-0.1, -0.05) is 54.6 Å². The molecule has 3 aromatic carbocycles. The van der Waals surface area contributed by atoms with Crippen molar-refractivity contribution >= 4 is 17.5 Å². The molecule has 30 heavy (non-hydrogen) atoms. The van der Waals surface area contributed by atoms with E-state index in [-0.39, 0.29) is 11.8 Å². The van der Waals surface area contributed by atoms with Crippen LogP contribution >= 0.6 is 0 Å². The van der Waals surface area contributed by atoms with Gasteiger partial charge in [0, 0.05) is 23.6 Å². The molecule has 1 unspecified atom stereocenters. The predicted molar refractivity (Wildman–Crippen MR) is 115 cm³/mol. The van der Waals surface area contributed by atoms with Gasteiger partial charge in [-0.05, 0) is 42.0 Å². The van der Waals surface area contributed by atoms with E-state index in [1.165, 1.54) is 0 Å². The van der Waals surface area contributed by atoms with Crippen LogP contribution in [0.2, 0.25) is 0 Å². The van der Waals surface area contributed by atoms with Crippen LogP contribution in [0, 0.1) is 0 Å². The maximum absolute atomic E-state index is 13.1. The van der Waals surface area contributed by atoms with Gasteiger partial charge in [-0.15, -0.1) is 0 Å². The number of nitrogens with one attached hydrogen (secondary N) is 2. The van der Waals surface area contributed by atoms with E-state index in [0.717, 1.165) is 5.69 Å². The molecule has 6 nitrogen and oxygen atoms in total. The molecule has 2 amide bonds. The fraction of sp³-hybridized carbons (Fsp3) is 0.0417. The number of aromatic nitrogens is 2. The third kappa shape index (κ3) is 4.44. The van der Waals surface area contributed by atoms with Crippen LogP contribution in [0.15, 0.2) is 103 Å². The Morgan fingerprint density at radius 1 is 0.833 bits per heavy atom. The quantitative estimate of drug-likeness (QED) is 0.518. The maximum Gasteiger partial charge on any atom is 0.252 e. The molecule has 0 saturated carbocycles. The van der Waals surface area contributed by atoms with Crippen molar-refractivity contribution < 1.29 is 9.59 Å². The van der Waals surface area contributed by atoms with Gasteiger partial charge < -0.3 is 10.6 Å². The van der Waals surface area contributed by atoms with Gasteiger partial charge in [0.25, 0.3) is 11.8 Å². The van der Waals surface area contributed by atoms with Crippen molar-refractivity contribution in [3.8, 4) is 5.69 Å². The van der Waals surface area contributed by atoms with Gasteiger partial charge in [0.1, 0.15) is 6.04 Å². The molecule has 1 atom stereocenters. The molecular formula is C24H20N4O2. The summed E-state index contributed by atoms with van der Waals surface area (Å²) in [5.74, 6) is -0.645. The third-order valence-corrected chi connectivity index (χ3v) is 4.59. The lowest BCUT2D eigenvalue weighted by molar-refractivity contribution is -0.118. The summed E-state index contributed by atoms with van der Waals surface area (Å²) in [6.45, 7) is 0. The highest BCUT2D eigenvalue weighted by molar-refractivity contribution is 6.01. The van der Waals surface area contributed by atoms with Crippen LogP contribution in [0.25, 0.3) is 5.69 Å². The van der Waals surface area contributed by atoms with Gasteiger partial charge in [-0.3, -0.25) is 9.59 Å². The number of carbonyl (C=O) groups is 2. The molecule has 6 heteroatoms. The number of hydrogen-bond acceptors (Lipinski definition) is 3. The molecule has 0 fully saturated rings. The number of anilines is 1. The number of nitrogens with zero attached hydrogens (tertiary/aromatic N) is 2. The van der Waals surface area contributed by atoms with E-state index in [0.29, 0.717) is 16.8 Å². The largest absolute Gasteiger partial charge is 0.336 e. The Labute approximate surface area is 174 Å². The summed E-state index contributed by atoms with van der Waals surface area (Å²) in [5.41, 5.74) is 2.62. The lowest BCUT2D eigenvalue weighted by atomic mass is 10.0. The molecule has 148 valence electrons. The van der Waals surface area contributed by atoms with Gasteiger partial charge in [-0.25, -0.2) is 4.68 Å². The minimum absolute atomic E-state index is 0.315. The molecule has 4 rings (SSSR count). The number of amides is 2. The van der Waals surface area contributed by atoms with Crippen LogP contribution in [0.5, 0.6) is 0 Å². The topological polar surface area (TPSA) is 76.0 Å². The molecular weight excluding hydrogens is 376 g/mol. The average Bonchev–Trinajstić information content (AvgIpc) is 3.34. The molecule has 2 N–H and O–H groups in total. The van der Waals surface area contributed by atoms with Crippen molar-refractivity contribution in [2.24, 2.45) is 0 Å². The van der Waals surface area contributed by atoms with Crippen LogP contribution in [0.1, 0.15) is 22.0 Å². The molecule has 0 aliphatic carbocycles. The van der Waals surface area contributed by atoms with Gasteiger partial charge in [0.15, 0.2) is 0 Å². The van der Waals surface area contributed by atoms with Crippen molar-refractivity contribution in [3.63, 3.8) is 0 Å². The van der Waals surface area contributed by atoms with Crippen molar-refractivity contribution in [3.05, 3.63) is 115 Å². The minimum Gasteiger partial charge on any atom is -0.336 e. The second kappa shape index (κ2) is 8.87. The van der Waals surface area contributed by atoms with Crippen molar-refractivity contribution in [1.82, 2.24) is 15.1 Å². The van der Waals surface area contributed by atoms with Crippen LogP contribution < -0.4 is 10.6 Å². The van der Waals surface area contributed by atoms with Crippen LogP contribution in [0.4, 0.5) is 5.69 Å². The van der Waals surface area contributed by atoms with Crippen molar-refractivity contribution in [2.45, 2.75) is 6.04 Å². The molecule has 0 spiro atoms. The average molecular weight is 396 g/mol. The van der Waals surface area contributed by atoms with E-state index in [4.69, 9.17) is 0 Å². The van der Waals surface area contributed by atoms with E-state index < -0.39 is 6.04 Å². The molecule has 4 aromatic rings. The van der Waals surface area contributed by atoms with E-state index in [1.807, 2.05) is 66.9 Å². The van der Waals surface area contributed by atoms with Crippen LogP contribution in [0.3, 0.4) is 0 Å². The van der Waals surface area contributed by atoms with Gasteiger partial charge in [0.05, 0.1) is 5.69 Å². The summed E-state index contributed by atoms with van der Waals surface area (Å²) in [6, 6.07) is 26.3. The highest BCUT2D eigenvalue weighted by atomic mass is 16.2. The SMILES string of the molecule is O=C(NC(C(=O)Nc1cccc(-n2cccn2)c1)c1ccccc1)c1ccccc1. The standard InChI is InChI=1S/C24H20N4O2/c29-23(19-11-5-2-6-12-19)27-22(18-9-3-1-4-10-18)24(30)26-20-13-7-14-21(17-20)28-16-8-15-25-28/h1-17,22H,(H,26,30)(H,27,29). The first-order valence-electron chi connectivity index (χ1n) is 9.52. The highest BCUT2D eigenvalue weighted by Gasteiger charge is 2.23. The van der Waals surface area contributed by atoms with Crippen LogP contribution in [-0.4, -0.2) is 21.6 Å². The van der Waals surface area contributed by atoms with Crippen molar-refractivity contribution in [1.29, 1.82) is 0 Å². The third-order valence-electron chi connectivity index (χ3n) is 4.59. The van der Waals surface area contributed by atoms with Crippen LogP contribution in [-0.2, 0) is 4.79 Å². The Morgan fingerprint density at radius 3 is 2.27 bits per heavy atom. The Bertz CT molecular complexity index is 1130. The molecule has 0 aliphatic rings. The monoisotopic (exact) mass is 396 g/mol. The first-order chi connectivity index (χ1) is 14.7. The summed E-state index contributed by atoms with van der Waals surface area (Å²) in [5, 5.41) is 9.96. The molecule has 1 heterocycles. The Kier molecular flexibility index (Phi) is 5.66. The highest BCUT2D eigenvalue weighted by Crippen LogP contribution is 2.19. The lowest BCUT2D eigenvalue weighted by Crippen LogP contribution is -2.37. The fourth-order valence-electron chi connectivity index (χ4n) is 3.11. The Balaban J connectivity index is 1.57. The van der Waals surface area contributed by atoms with E-state index in [1.54, 1.807) is 41.2 Å².